The topological polar surface area (TPSA) is 52.6 Å². The molecule has 0 aliphatic carbocycles. The molecule has 0 aromatic rings. The average molecular weight is 427 g/mol. The van der Waals surface area contributed by atoms with Gasteiger partial charge in [0.05, 0.1) is 0 Å². The number of ether oxygens (including phenoxy) is 2. The van der Waals surface area contributed by atoms with Crippen LogP contribution in [0.4, 0.5) is 0 Å². The average Bonchev–Trinajstić information content (AvgIpc) is 2.74. The molecule has 0 radical (unpaired) electrons. The fourth-order valence-corrected chi connectivity index (χ4v) is 3.58. The van der Waals surface area contributed by atoms with Crippen LogP contribution in [0.1, 0.15) is 143 Å². The molecule has 0 rings (SSSR count). The molecule has 1 atom stereocenters. The fraction of sp³-hybridized carbons (Fsp3) is 0.923. The Morgan fingerprint density at radius 2 is 1.03 bits per heavy atom. The zero-order valence-corrected chi connectivity index (χ0v) is 20.4. The van der Waals surface area contributed by atoms with E-state index in [1.807, 2.05) is 13.8 Å². The van der Waals surface area contributed by atoms with E-state index in [0.717, 1.165) is 19.3 Å². The van der Waals surface area contributed by atoms with Crippen LogP contribution in [0, 0.1) is 0 Å². The predicted molar refractivity (Wildman–Crippen MR) is 126 cm³/mol. The second-order valence-corrected chi connectivity index (χ2v) is 8.65. The summed E-state index contributed by atoms with van der Waals surface area (Å²) in [5.41, 5.74) is 0. The van der Waals surface area contributed by atoms with E-state index >= 15 is 0 Å². The first-order valence-corrected chi connectivity index (χ1v) is 13.0. The van der Waals surface area contributed by atoms with Crippen molar-refractivity contribution < 1.29 is 19.1 Å². The van der Waals surface area contributed by atoms with Gasteiger partial charge in [0.15, 0.2) is 0 Å². The van der Waals surface area contributed by atoms with E-state index in [1.54, 1.807) is 0 Å². The Morgan fingerprint density at radius 1 is 0.567 bits per heavy atom. The van der Waals surface area contributed by atoms with Gasteiger partial charge in [-0.25, -0.2) is 0 Å². The number of rotatable bonds is 22. The van der Waals surface area contributed by atoms with Crippen LogP contribution in [0.3, 0.4) is 0 Å². The number of unbranched alkanes of at least 4 members (excludes halogenated alkanes) is 14. The molecule has 1 unspecified atom stereocenters. The molecule has 0 bridgehead atoms. The van der Waals surface area contributed by atoms with Gasteiger partial charge in [-0.3, -0.25) is 9.59 Å². The van der Waals surface area contributed by atoms with Crippen molar-refractivity contribution in [2.45, 2.75) is 149 Å². The molecule has 0 aliphatic rings. The lowest BCUT2D eigenvalue weighted by Gasteiger charge is -2.16. The predicted octanol–water partition coefficient (Wildman–Crippen LogP) is 7.91. The lowest BCUT2D eigenvalue weighted by Crippen LogP contribution is -2.24. The first kappa shape index (κ1) is 28.9. The molecule has 0 saturated carbocycles. The summed E-state index contributed by atoms with van der Waals surface area (Å²) in [5, 5.41) is 0. The van der Waals surface area contributed by atoms with Crippen molar-refractivity contribution in [1.29, 1.82) is 0 Å². The Morgan fingerprint density at radius 3 is 1.47 bits per heavy atom. The van der Waals surface area contributed by atoms with Gasteiger partial charge in [0.25, 0.3) is 0 Å². The third kappa shape index (κ3) is 20.2. The highest BCUT2D eigenvalue weighted by Gasteiger charge is 2.14. The lowest BCUT2D eigenvalue weighted by molar-refractivity contribution is -0.159. The number of carbonyl (C=O) groups excluding carboxylic acids is 2. The van der Waals surface area contributed by atoms with Crippen molar-refractivity contribution in [3.63, 3.8) is 0 Å². The van der Waals surface area contributed by atoms with E-state index in [0.29, 0.717) is 19.3 Å². The summed E-state index contributed by atoms with van der Waals surface area (Å²) in [4.78, 5) is 23.4. The molecule has 0 spiro atoms. The minimum atomic E-state index is -0.311. The van der Waals surface area contributed by atoms with Crippen molar-refractivity contribution in [2.24, 2.45) is 0 Å². The van der Waals surface area contributed by atoms with Crippen LogP contribution in [0.2, 0.25) is 0 Å². The van der Waals surface area contributed by atoms with E-state index in [2.05, 4.69) is 6.92 Å². The molecule has 0 aromatic carbocycles. The second-order valence-electron chi connectivity index (χ2n) is 8.65. The maximum Gasteiger partial charge on any atom is 0.306 e. The van der Waals surface area contributed by atoms with Crippen molar-refractivity contribution in [1.82, 2.24) is 0 Å². The molecular formula is C26H50O4. The van der Waals surface area contributed by atoms with E-state index in [1.165, 1.54) is 83.5 Å². The normalized spacial score (nSPS) is 12.0. The molecule has 0 aliphatic heterocycles. The van der Waals surface area contributed by atoms with Crippen LogP contribution in [-0.2, 0) is 19.1 Å². The van der Waals surface area contributed by atoms with Crippen molar-refractivity contribution in [3.8, 4) is 0 Å². The van der Waals surface area contributed by atoms with E-state index in [-0.39, 0.29) is 24.6 Å². The maximum absolute atomic E-state index is 11.8. The number of carbonyl (C=O) groups is 2. The summed E-state index contributed by atoms with van der Waals surface area (Å²) in [6, 6.07) is 0. The fourth-order valence-electron chi connectivity index (χ4n) is 3.58. The van der Waals surface area contributed by atoms with E-state index in [9.17, 15) is 9.59 Å². The molecule has 178 valence electrons. The lowest BCUT2D eigenvalue weighted by atomic mass is 10.0. The Balaban J connectivity index is 3.39. The third-order valence-electron chi connectivity index (χ3n) is 5.62. The summed E-state index contributed by atoms with van der Waals surface area (Å²) in [6.07, 6.45) is 21.8. The van der Waals surface area contributed by atoms with Gasteiger partial charge >= 0.3 is 11.9 Å². The SMILES string of the molecule is CCCCCCCCCCCCCCCCCC(=O)OCC(CC)OC(=O)CCC. The van der Waals surface area contributed by atoms with Gasteiger partial charge in [0.1, 0.15) is 12.7 Å². The maximum atomic E-state index is 11.8. The molecule has 0 heterocycles. The highest BCUT2D eigenvalue weighted by Crippen LogP contribution is 2.14. The largest absolute Gasteiger partial charge is 0.462 e. The van der Waals surface area contributed by atoms with Crippen LogP contribution < -0.4 is 0 Å². The standard InChI is InChI=1S/C26H50O4/c1-4-7-8-9-10-11-12-13-14-15-16-17-18-19-20-22-25(27)29-23-24(6-3)30-26(28)21-5-2/h24H,4-23H2,1-3H3. The summed E-state index contributed by atoms with van der Waals surface area (Å²) in [7, 11) is 0. The molecule has 4 heteroatoms. The van der Waals surface area contributed by atoms with Crippen molar-refractivity contribution >= 4 is 11.9 Å². The van der Waals surface area contributed by atoms with Gasteiger partial charge < -0.3 is 9.47 Å². The monoisotopic (exact) mass is 426 g/mol. The van der Waals surface area contributed by atoms with Gasteiger partial charge in [-0.15, -0.1) is 0 Å². The third-order valence-corrected chi connectivity index (χ3v) is 5.62. The van der Waals surface area contributed by atoms with Crippen molar-refractivity contribution in [2.75, 3.05) is 6.61 Å². The second kappa shape index (κ2) is 22.6. The summed E-state index contributed by atoms with van der Waals surface area (Å²) < 4.78 is 10.6. The molecule has 30 heavy (non-hydrogen) atoms. The first-order chi connectivity index (χ1) is 14.6. The van der Waals surface area contributed by atoms with Crippen molar-refractivity contribution in [3.05, 3.63) is 0 Å². The number of esters is 2. The zero-order chi connectivity index (χ0) is 22.3. The van der Waals surface area contributed by atoms with Crippen LogP contribution in [0.25, 0.3) is 0 Å². The van der Waals surface area contributed by atoms with Gasteiger partial charge in [0, 0.05) is 12.8 Å². The first-order valence-electron chi connectivity index (χ1n) is 13.0. The molecule has 0 aromatic heterocycles. The highest BCUT2D eigenvalue weighted by molar-refractivity contribution is 5.70. The van der Waals surface area contributed by atoms with Crippen LogP contribution in [-0.4, -0.2) is 24.6 Å². The molecular weight excluding hydrogens is 376 g/mol. The van der Waals surface area contributed by atoms with Gasteiger partial charge in [-0.2, -0.15) is 0 Å². The summed E-state index contributed by atoms with van der Waals surface area (Å²) in [5.74, 6) is -0.377. The quantitative estimate of drug-likeness (QED) is 0.130. The van der Waals surface area contributed by atoms with Crippen LogP contribution in [0.5, 0.6) is 0 Å². The molecule has 0 N–H and O–H groups in total. The Bertz CT molecular complexity index is 394. The highest BCUT2D eigenvalue weighted by atomic mass is 16.6. The molecule has 0 fully saturated rings. The van der Waals surface area contributed by atoms with Crippen LogP contribution in [0.15, 0.2) is 0 Å². The molecule has 4 nitrogen and oxygen atoms in total. The zero-order valence-electron chi connectivity index (χ0n) is 20.4. The summed E-state index contributed by atoms with van der Waals surface area (Å²) >= 11 is 0. The van der Waals surface area contributed by atoms with Crippen LogP contribution >= 0.6 is 0 Å². The smallest absolute Gasteiger partial charge is 0.306 e. The minimum Gasteiger partial charge on any atom is -0.462 e. The molecule has 0 amide bonds. The number of hydrogen-bond acceptors (Lipinski definition) is 4. The number of hydrogen-bond donors (Lipinski definition) is 0. The minimum absolute atomic E-state index is 0.172. The van der Waals surface area contributed by atoms with E-state index < -0.39 is 0 Å². The Hall–Kier alpha value is -1.06. The van der Waals surface area contributed by atoms with Gasteiger partial charge in [0.2, 0.25) is 0 Å². The summed E-state index contributed by atoms with van der Waals surface area (Å²) in [6.45, 7) is 6.34. The van der Waals surface area contributed by atoms with Gasteiger partial charge in [-0.1, -0.05) is 111 Å². The molecule has 0 saturated heterocycles. The Kier molecular flexibility index (Phi) is 21.8. The van der Waals surface area contributed by atoms with Gasteiger partial charge in [-0.05, 0) is 19.3 Å². The Labute approximate surface area is 186 Å². The van der Waals surface area contributed by atoms with E-state index in [4.69, 9.17) is 9.47 Å².